The van der Waals surface area contributed by atoms with Crippen LogP contribution < -0.4 is 11.1 Å². The van der Waals surface area contributed by atoms with Crippen LogP contribution in [0.3, 0.4) is 0 Å². The van der Waals surface area contributed by atoms with E-state index in [0.29, 0.717) is 16.5 Å². The molecule has 1 aromatic carbocycles. The summed E-state index contributed by atoms with van der Waals surface area (Å²) in [6.07, 6.45) is 1.70. The smallest absolute Gasteiger partial charge is 0.274 e. The molecule has 0 aliphatic rings. The average molecular weight is 286 g/mol. The van der Waals surface area contributed by atoms with E-state index in [1.165, 1.54) is 16.9 Å². The zero-order chi connectivity index (χ0) is 14.3. The van der Waals surface area contributed by atoms with E-state index in [4.69, 9.17) is 5.73 Å². The van der Waals surface area contributed by atoms with Crippen molar-refractivity contribution in [3.05, 3.63) is 41.7 Å². The molecule has 5 nitrogen and oxygen atoms in total. The number of amides is 1. The van der Waals surface area contributed by atoms with Gasteiger partial charge in [0.1, 0.15) is 5.69 Å². The third-order valence-electron chi connectivity index (χ3n) is 3.02. The molecule has 102 valence electrons. The Morgan fingerprint density at radius 1 is 1.40 bits per heavy atom. The molecule has 0 radical (unpaired) electrons. The summed E-state index contributed by atoms with van der Waals surface area (Å²) in [6.45, 7) is 2.03. The van der Waals surface area contributed by atoms with Gasteiger partial charge in [-0.05, 0) is 30.7 Å². The number of aromatic nitrogens is 2. The summed E-state index contributed by atoms with van der Waals surface area (Å²) >= 11 is 1.46. The Morgan fingerprint density at radius 2 is 2.20 bits per heavy atom. The highest BCUT2D eigenvalue weighted by Gasteiger charge is 2.13. The molecule has 0 atom stereocenters. The molecule has 0 aliphatic carbocycles. The summed E-state index contributed by atoms with van der Waals surface area (Å²) in [7, 11) is 1.78. The first-order valence-corrected chi connectivity index (χ1v) is 6.95. The maximum atomic E-state index is 12.2. The lowest BCUT2D eigenvalue weighted by molar-refractivity contribution is 0.101. The highest BCUT2D eigenvalue weighted by molar-refractivity contribution is 7.22. The molecular formula is C14H14N4OS. The largest absolute Gasteiger partial charge is 0.397 e. The van der Waals surface area contributed by atoms with Crippen LogP contribution in [0, 0.1) is 6.92 Å². The molecule has 3 rings (SSSR count). The lowest BCUT2D eigenvalue weighted by Gasteiger charge is -2.01. The first kappa shape index (κ1) is 12.7. The van der Waals surface area contributed by atoms with Crippen molar-refractivity contribution in [1.29, 1.82) is 0 Å². The van der Waals surface area contributed by atoms with Crippen LogP contribution in [0.5, 0.6) is 0 Å². The second-order valence-corrected chi connectivity index (χ2v) is 5.74. The van der Waals surface area contributed by atoms with Crippen LogP contribution in [0.15, 0.2) is 30.5 Å². The normalized spacial score (nSPS) is 10.9. The number of carbonyl (C=O) groups excluding carboxylic acids is 1. The lowest BCUT2D eigenvalue weighted by Crippen LogP contribution is -2.15. The number of hydrogen-bond acceptors (Lipinski definition) is 4. The minimum Gasteiger partial charge on any atom is -0.397 e. The van der Waals surface area contributed by atoms with Gasteiger partial charge in [0.05, 0.1) is 15.9 Å². The van der Waals surface area contributed by atoms with Gasteiger partial charge in [-0.15, -0.1) is 0 Å². The van der Waals surface area contributed by atoms with Gasteiger partial charge in [0.2, 0.25) is 0 Å². The van der Waals surface area contributed by atoms with Crippen molar-refractivity contribution in [3.8, 4) is 0 Å². The van der Waals surface area contributed by atoms with E-state index in [1.54, 1.807) is 23.9 Å². The van der Waals surface area contributed by atoms with Gasteiger partial charge in [0.25, 0.3) is 5.91 Å². The van der Waals surface area contributed by atoms with Crippen LogP contribution >= 0.6 is 11.3 Å². The van der Waals surface area contributed by atoms with Gasteiger partial charge in [-0.2, -0.15) is 0 Å². The Morgan fingerprint density at radius 3 is 2.90 bits per heavy atom. The van der Waals surface area contributed by atoms with Crippen molar-refractivity contribution in [1.82, 2.24) is 9.55 Å². The summed E-state index contributed by atoms with van der Waals surface area (Å²) in [5.41, 5.74) is 8.82. The Kier molecular flexibility index (Phi) is 2.94. The Bertz CT molecular complexity index is 803. The number of aryl methyl sites for hydroxylation is 2. The Balaban J connectivity index is 1.89. The first-order chi connectivity index (χ1) is 9.52. The third kappa shape index (κ3) is 2.25. The van der Waals surface area contributed by atoms with E-state index >= 15 is 0 Å². The molecule has 0 bridgehead atoms. The molecule has 2 aromatic heterocycles. The zero-order valence-electron chi connectivity index (χ0n) is 11.2. The quantitative estimate of drug-likeness (QED) is 0.760. The molecule has 0 saturated heterocycles. The van der Waals surface area contributed by atoms with Crippen LogP contribution in [-0.4, -0.2) is 15.5 Å². The van der Waals surface area contributed by atoms with Gasteiger partial charge in [0.15, 0.2) is 5.13 Å². The third-order valence-corrected chi connectivity index (χ3v) is 3.96. The molecule has 1 amide bonds. The van der Waals surface area contributed by atoms with Gasteiger partial charge >= 0.3 is 0 Å². The molecular weight excluding hydrogens is 272 g/mol. The summed E-state index contributed by atoms with van der Waals surface area (Å²) in [5.74, 6) is -0.208. The van der Waals surface area contributed by atoms with E-state index in [9.17, 15) is 4.79 Å². The Labute approximate surface area is 120 Å². The maximum Gasteiger partial charge on any atom is 0.274 e. The molecule has 0 unspecified atom stereocenters. The van der Waals surface area contributed by atoms with E-state index in [1.807, 2.05) is 19.1 Å². The molecule has 6 heteroatoms. The SMILES string of the molecule is Cc1ccc2nc(NC(=O)c3cc(N)cn3C)sc2c1. The van der Waals surface area contributed by atoms with Crippen molar-refractivity contribution < 1.29 is 4.79 Å². The van der Waals surface area contributed by atoms with Crippen LogP contribution in [0.2, 0.25) is 0 Å². The minimum atomic E-state index is -0.208. The number of thiazole rings is 1. The molecule has 0 saturated carbocycles. The minimum absolute atomic E-state index is 0.208. The molecule has 20 heavy (non-hydrogen) atoms. The number of nitrogens with two attached hydrogens (primary N) is 1. The highest BCUT2D eigenvalue weighted by Crippen LogP contribution is 2.27. The lowest BCUT2D eigenvalue weighted by atomic mass is 10.2. The van der Waals surface area contributed by atoms with E-state index < -0.39 is 0 Å². The number of anilines is 2. The van der Waals surface area contributed by atoms with Crippen LogP contribution in [0.1, 0.15) is 16.1 Å². The van der Waals surface area contributed by atoms with Gasteiger partial charge in [0, 0.05) is 13.2 Å². The number of fused-ring (bicyclic) bond motifs is 1. The predicted molar refractivity (Wildman–Crippen MR) is 82.1 cm³/mol. The fraction of sp³-hybridized carbons (Fsp3) is 0.143. The molecule has 0 aliphatic heterocycles. The molecule has 0 fully saturated rings. The number of carbonyl (C=O) groups is 1. The number of nitrogens with zero attached hydrogens (tertiary/aromatic N) is 2. The number of nitrogen functional groups attached to an aromatic ring is 1. The second kappa shape index (κ2) is 4.64. The van der Waals surface area contributed by atoms with E-state index in [-0.39, 0.29) is 5.91 Å². The van der Waals surface area contributed by atoms with Crippen molar-refractivity contribution >= 4 is 38.3 Å². The average Bonchev–Trinajstić information content (AvgIpc) is 2.91. The topological polar surface area (TPSA) is 72.9 Å². The summed E-state index contributed by atoms with van der Waals surface area (Å²) in [5, 5.41) is 3.41. The summed E-state index contributed by atoms with van der Waals surface area (Å²) in [6, 6.07) is 7.67. The van der Waals surface area contributed by atoms with Crippen molar-refractivity contribution in [2.45, 2.75) is 6.92 Å². The van der Waals surface area contributed by atoms with Gasteiger partial charge in [-0.1, -0.05) is 17.4 Å². The fourth-order valence-corrected chi connectivity index (χ4v) is 3.02. The highest BCUT2D eigenvalue weighted by atomic mass is 32.1. The number of benzene rings is 1. The van der Waals surface area contributed by atoms with Gasteiger partial charge in [-0.25, -0.2) is 4.98 Å². The standard InChI is InChI=1S/C14H14N4OS/c1-8-3-4-10-12(5-8)20-14(16-10)17-13(19)11-6-9(15)7-18(11)2/h3-7H,15H2,1-2H3,(H,16,17,19). The summed E-state index contributed by atoms with van der Waals surface area (Å²) in [4.78, 5) is 16.6. The number of rotatable bonds is 2. The predicted octanol–water partition coefficient (Wildman–Crippen LogP) is 2.78. The van der Waals surface area contributed by atoms with Crippen LogP contribution in [0.4, 0.5) is 10.8 Å². The number of nitrogens with one attached hydrogen (secondary N) is 1. The zero-order valence-corrected chi connectivity index (χ0v) is 12.0. The van der Waals surface area contributed by atoms with Crippen LogP contribution in [-0.2, 0) is 7.05 Å². The molecule has 0 spiro atoms. The van der Waals surface area contributed by atoms with Crippen molar-refractivity contribution in [3.63, 3.8) is 0 Å². The van der Waals surface area contributed by atoms with Crippen LogP contribution in [0.25, 0.3) is 10.2 Å². The van der Waals surface area contributed by atoms with E-state index in [2.05, 4.69) is 16.4 Å². The van der Waals surface area contributed by atoms with Gasteiger partial charge < -0.3 is 10.3 Å². The van der Waals surface area contributed by atoms with Gasteiger partial charge in [-0.3, -0.25) is 10.1 Å². The first-order valence-electron chi connectivity index (χ1n) is 6.13. The molecule has 3 aromatic rings. The van der Waals surface area contributed by atoms with Crippen molar-refractivity contribution in [2.75, 3.05) is 11.1 Å². The van der Waals surface area contributed by atoms with E-state index in [0.717, 1.165) is 10.2 Å². The number of hydrogen-bond donors (Lipinski definition) is 2. The maximum absolute atomic E-state index is 12.2. The fourth-order valence-electron chi connectivity index (χ4n) is 2.06. The van der Waals surface area contributed by atoms with Crippen molar-refractivity contribution in [2.24, 2.45) is 7.05 Å². The molecule has 3 N–H and O–H groups in total. The second-order valence-electron chi connectivity index (χ2n) is 4.71. The Hall–Kier alpha value is -2.34. The monoisotopic (exact) mass is 286 g/mol. The summed E-state index contributed by atoms with van der Waals surface area (Å²) < 4.78 is 2.76. The molecule has 2 heterocycles.